The highest BCUT2D eigenvalue weighted by Gasteiger charge is 1.95. The van der Waals surface area contributed by atoms with Gasteiger partial charge in [0.25, 0.3) is 0 Å². The van der Waals surface area contributed by atoms with Gasteiger partial charge >= 0.3 is 0 Å². The van der Waals surface area contributed by atoms with Crippen LogP contribution in [0.4, 0.5) is 0 Å². The zero-order valence-electron chi connectivity index (χ0n) is 11.9. The van der Waals surface area contributed by atoms with E-state index >= 15 is 0 Å². The molecule has 1 heterocycles. The lowest BCUT2D eigenvalue weighted by molar-refractivity contribution is -0.502. The van der Waals surface area contributed by atoms with E-state index in [2.05, 4.69) is 36.6 Å². The molecular weight excluding hydrogens is 258 g/mol. The first-order valence-electron chi connectivity index (χ1n) is 6.02. The lowest BCUT2D eigenvalue weighted by Crippen LogP contribution is -2.18. The highest BCUT2D eigenvalue weighted by atomic mass is 17.2. The predicted molar refractivity (Wildman–Crippen MR) is 74.1 cm³/mol. The van der Waals surface area contributed by atoms with Crippen LogP contribution in [0.15, 0.2) is 48.8 Å². The third kappa shape index (κ3) is 6.35. The fourth-order valence-electron chi connectivity index (χ4n) is 1.42. The van der Waals surface area contributed by atoms with Crippen LogP contribution in [-0.4, -0.2) is 36.7 Å². The van der Waals surface area contributed by atoms with Crippen LogP contribution in [0, 0.1) is 0 Å². The molecule has 108 valence electrons. The van der Waals surface area contributed by atoms with E-state index in [0.717, 1.165) is 17.6 Å². The molecule has 0 N–H and O–H groups in total. The van der Waals surface area contributed by atoms with Gasteiger partial charge in [-0.3, -0.25) is 14.5 Å². The Labute approximate surface area is 118 Å². The summed E-state index contributed by atoms with van der Waals surface area (Å²) in [5.41, 5.74) is 1.24. The minimum atomic E-state index is 0.807. The van der Waals surface area contributed by atoms with E-state index in [4.69, 9.17) is 0 Å². The average Bonchev–Trinajstić information content (AvgIpc) is 2.52. The molecule has 1 aromatic heterocycles. The number of hydrogen-bond acceptors (Lipinski definition) is 6. The van der Waals surface area contributed by atoms with Gasteiger partial charge in [0.05, 0.1) is 26.7 Å². The smallest absolute Gasteiger partial charge is 0.132 e. The van der Waals surface area contributed by atoms with Crippen LogP contribution in [0.2, 0.25) is 0 Å². The molecule has 1 aromatic carbocycles. The van der Waals surface area contributed by atoms with E-state index in [1.165, 1.54) is 26.9 Å². The van der Waals surface area contributed by atoms with Crippen molar-refractivity contribution in [1.82, 2.24) is 15.4 Å². The molecule has 2 rings (SSSR count). The largest absolute Gasteiger partial charge is 0.254 e. The van der Waals surface area contributed by atoms with Crippen LogP contribution in [-0.2, 0) is 20.9 Å². The number of benzene rings is 1. The predicted octanol–water partition coefficient (Wildman–Crippen LogP) is 2.04. The molecule has 0 atom stereocenters. The molecule has 0 aliphatic rings. The van der Waals surface area contributed by atoms with Gasteiger partial charge in [0.1, 0.15) is 5.82 Å². The lowest BCUT2D eigenvalue weighted by atomic mass is 10.1. The second kappa shape index (κ2) is 9.99. The third-order valence-corrected chi connectivity index (χ3v) is 2.27. The van der Waals surface area contributed by atoms with E-state index in [0.29, 0.717) is 0 Å². The van der Waals surface area contributed by atoms with Gasteiger partial charge in [-0.2, -0.15) is 0 Å². The summed E-state index contributed by atoms with van der Waals surface area (Å²) in [6.07, 6.45) is 4.35. The monoisotopic (exact) mass is 277 g/mol. The van der Waals surface area contributed by atoms with Crippen molar-refractivity contribution in [2.45, 2.75) is 6.42 Å². The minimum Gasteiger partial charge on any atom is -0.254 e. The van der Waals surface area contributed by atoms with E-state index < -0.39 is 0 Å². The number of rotatable bonds is 5. The van der Waals surface area contributed by atoms with Crippen molar-refractivity contribution in [1.29, 1.82) is 0 Å². The summed E-state index contributed by atoms with van der Waals surface area (Å²) < 4.78 is 0. The van der Waals surface area contributed by atoms with E-state index in [-0.39, 0.29) is 0 Å². The standard InChI is InChI=1S/C11H10N2.C3H9NO3/c1-2-5-10(6-3-1)9-11-12-7-4-8-13-11;1-5-4(6-2)7-3/h1-8H,9H2;1-3H3. The Bertz CT molecular complexity index is 407. The van der Waals surface area contributed by atoms with Gasteiger partial charge in [-0.05, 0) is 11.6 Å². The Morgan fingerprint density at radius 1 is 0.850 bits per heavy atom. The zero-order valence-corrected chi connectivity index (χ0v) is 11.9. The molecule has 0 bridgehead atoms. The molecule has 0 saturated heterocycles. The van der Waals surface area contributed by atoms with Gasteiger partial charge in [-0.25, -0.2) is 9.97 Å². The molecule has 0 fully saturated rings. The van der Waals surface area contributed by atoms with Crippen molar-refractivity contribution < 1.29 is 14.5 Å². The topological polar surface area (TPSA) is 56.7 Å². The number of nitrogens with zero attached hydrogens (tertiary/aromatic N) is 3. The van der Waals surface area contributed by atoms with Crippen LogP contribution in [0.25, 0.3) is 0 Å². The molecule has 0 amide bonds. The van der Waals surface area contributed by atoms with Crippen LogP contribution in [0.3, 0.4) is 0 Å². The van der Waals surface area contributed by atoms with Gasteiger partial charge in [0.15, 0.2) is 0 Å². The second-order valence-electron chi connectivity index (χ2n) is 3.60. The lowest BCUT2D eigenvalue weighted by Gasteiger charge is -2.10. The number of aromatic nitrogens is 2. The Morgan fingerprint density at radius 3 is 1.85 bits per heavy atom. The fourth-order valence-corrected chi connectivity index (χ4v) is 1.42. The molecule has 0 spiro atoms. The number of hydrogen-bond donors (Lipinski definition) is 0. The average molecular weight is 277 g/mol. The summed E-state index contributed by atoms with van der Waals surface area (Å²) in [7, 11) is 4.31. The Balaban J connectivity index is 0.000000246. The molecule has 20 heavy (non-hydrogen) atoms. The Hall–Kier alpha value is -1.86. The molecule has 2 aromatic rings. The third-order valence-electron chi connectivity index (χ3n) is 2.27. The van der Waals surface area contributed by atoms with Gasteiger partial charge in [-0.1, -0.05) is 30.3 Å². The van der Waals surface area contributed by atoms with E-state index in [1.54, 1.807) is 12.4 Å². The summed E-state index contributed by atoms with van der Waals surface area (Å²) in [6, 6.07) is 12.0. The van der Waals surface area contributed by atoms with Gasteiger partial charge in [0.2, 0.25) is 0 Å². The summed E-state index contributed by atoms with van der Waals surface area (Å²) in [6.45, 7) is 0. The normalized spacial score (nSPS) is 10.0. The first-order chi connectivity index (χ1) is 9.80. The first kappa shape index (κ1) is 16.2. The molecule has 6 nitrogen and oxygen atoms in total. The first-order valence-corrected chi connectivity index (χ1v) is 6.02. The maximum atomic E-state index is 4.44. The van der Waals surface area contributed by atoms with Crippen LogP contribution < -0.4 is 0 Å². The molecule has 0 aliphatic heterocycles. The van der Waals surface area contributed by atoms with Crippen LogP contribution >= 0.6 is 0 Å². The van der Waals surface area contributed by atoms with Crippen molar-refractivity contribution in [2.75, 3.05) is 21.3 Å². The van der Waals surface area contributed by atoms with Gasteiger partial charge in [0, 0.05) is 18.8 Å². The Kier molecular flexibility index (Phi) is 8.09. The molecular formula is C14H19N3O3. The molecule has 6 heteroatoms. The van der Waals surface area contributed by atoms with Crippen molar-refractivity contribution in [3.63, 3.8) is 0 Å². The highest BCUT2D eigenvalue weighted by Crippen LogP contribution is 2.03. The summed E-state index contributed by atoms with van der Waals surface area (Å²) in [5, 5.41) is 0.875. The zero-order chi connectivity index (χ0) is 14.6. The van der Waals surface area contributed by atoms with Gasteiger partial charge in [-0.15, -0.1) is 0 Å². The van der Waals surface area contributed by atoms with Crippen molar-refractivity contribution in [3.8, 4) is 0 Å². The van der Waals surface area contributed by atoms with E-state index in [9.17, 15) is 0 Å². The maximum Gasteiger partial charge on any atom is 0.132 e. The molecule has 0 aliphatic carbocycles. The van der Waals surface area contributed by atoms with Gasteiger partial charge < -0.3 is 0 Å². The molecule has 0 radical (unpaired) electrons. The van der Waals surface area contributed by atoms with Crippen molar-refractivity contribution in [2.24, 2.45) is 0 Å². The fraction of sp³-hybridized carbons (Fsp3) is 0.286. The Morgan fingerprint density at radius 2 is 1.40 bits per heavy atom. The minimum absolute atomic E-state index is 0.807. The summed E-state index contributed by atoms with van der Waals surface area (Å²) >= 11 is 0. The second-order valence-corrected chi connectivity index (χ2v) is 3.60. The van der Waals surface area contributed by atoms with Crippen LogP contribution in [0.5, 0.6) is 0 Å². The summed E-state index contributed by atoms with van der Waals surface area (Å²) in [5.74, 6) is 0.869. The van der Waals surface area contributed by atoms with Crippen molar-refractivity contribution >= 4 is 0 Å². The van der Waals surface area contributed by atoms with Crippen molar-refractivity contribution in [3.05, 3.63) is 60.2 Å². The maximum absolute atomic E-state index is 4.44. The SMILES string of the molecule is CON(OC)OC.c1ccc(Cc2ncccn2)cc1. The molecule has 0 unspecified atom stereocenters. The highest BCUT2D eigenvalue weighted by molar-refractivity contribution is 5.18. The van der Waals surface area contributed by atoms with E-state index in [1.807, 2.05) is 24.3 Å². The summed E-state index contributed by atoms with van der Waals surface area (Å²) in [4.78, 5) is 21.6. The quantitative estimate of drug-likeness (QED) is 0.780. The molecule has 0 saturated carbocycles. The van der Waals surface area contributed by atoms with Crippen LogP contribution in [0.1, 0.15) is 11.4 Å².